The third-order valence-electron chi connectivity index (χ3n) is 2.28. The van der Waals surface area contributed by atoms with E-state index in [1.807, 2.05) is 53.7 Å². The molecule has 0 aliphatic rings. The Labute approximate surface area is 135 Å². The highest BCUT2D eigenvalue weighted by Gasteiger charge is 1.95. The first-order chi connectivity index (χ1) is 9.75. The van der Waals surface area contributed by atoms with E-state index < -0.39 is 0 Å². The minimum Gasteiger partial charge on any atom is -0.0991 e. The van der Waals surface area contributed by atoms with E-state index in [2.05, 4.69) is 50.8 Å². The largest absolute Gasteiger partial charge is 0.0991 e. The van der Waals surface area contributed by atoms with Crippen LogP contribution in [0.2, 0.25) is 0 Å². The van der Waals surface area contributed by atoms with Crippen LogP contribution in [0.4, 0.5) is 0 Å². The van der Waals surface area contributed by atoms with E-state index in [9.17, 15) is 0 Å². The number of allylic oxidation sites excluding steroid dienone is 5. The number of rotatable bonds is 3. The maximum absolute atomic E-state index is 3.66. The normalized spacial score (nSPS) is 9.33. The van der Waals surface area contributed by atoms with E-state index in [0.717, 1.165) is 0 Å². The molecule has 21 heavy (non-hydrogen) atoms. The van der Waals surface area contributed by atoms with Crippen LogP contribution in [0.5, 0.6) is 0 Å². The molecular formula is C21H38. The molecular weight excluding hydrogens is 252 g/mol. The first kappa shape index (κ1) is 27.7. The minimum absolute atomic E-state index is 0. The highest BCUT2D eigenvalue weighted by Crippen LogP contribution is 2.18. The van der Waals surface area contributed by atoms with E-state index in [-0.39, 0.29) is 7.43 Å². The van der Waals surface area contributed by atoms with E-state index in [1.165, 1.54) is 16.7 Å². The molecule has 122 valence electrons. The second-order valence-electron chi connectivity index (χ2n) is 3.27. The number of hydrogen-bond acceptors (Lipinski definition) is 0. The molecule has 0 unspecified atom stereocenters. The SMILES string of the molecule is C.C=C/C=C\C(C)=C(/C)c1ccccc1.CC.CC.CC. The molecule has 0 spiro atoms. The second kappa shape index (κ2) is 23.5. The summed E-state index contributed by atoms with van der Waals surface area (Å²) in [5, 5.41) is 0. The molecule has 0 aliphatic carbocycles. The van der Waals surface area contributed by atoms with Crippen LogP contribution < -0.4 is 0 Å². The van der Waals surface area contributed by atoms with E-state index >= 15 is 0 Å². The lowest BCUT2D eigenvalue weighted by Crippen LogP contribution is -1.81. The zero-order valence-electron chi connectivity index (χ0n) is 14.8. The van der Waals surface area contributed by atoms with Gasteiger partial charge in [0.05, 0.1) is 0 Å². The Bertz CT molecular complexity index is 353. The average molecular weight is 291 g/mol. The van der Waals surface area contributed by atoms with Crippen LogP contribution in [-0.2, 0) is 0 Å². The zero-order valence-corrected chi connectivity index (χ0v) is 14.8. The molecule has 0 aliphatic heterocycles. The summed E-state index contributed by atoms with van der Waals surface area (Å²) >= 11 is 0. The molecule has 0 atom stereocenters. The summed E-state index contributed by atoms with van der Waals surface area (Å²) in [6, 6.07) is 10.4. The molecule has 0 bridgehead atoms. The summed E-state index contributed by atoms with van der Waals surface area (Å²) in [5.74, 6) is 0. The van der Waals surface area contributed by atoms with Gasteiger partial charge < -0.3 is 0 Å². The van der Waals surface area contributed by atoms with Crippen molar-refractivity contribution < 1.29 is 0 Å². The van der Waals surface area contributed by atoms with Crippen LogP contribution in [0.1, 0.15) is 68.4 Å². The van der Waals surface area contributed by atoms with Crippen molar-refractivity contribution >= 4 is 5.57 Å². The fourth-order valence-corrected chi connectivity index (χ4v) is 1.25. The first-order valence-electron chi connectivity index (χ1n) is 7.77. The Kier molecular flexibility index (Phi) is 31.1. The zero-order chi connectivity index (χ0) is 16.4. The molecule has 0 amide bonds. The standard InChI is InChI=1S/C14H16.3C2H6.CH4/c1-4-5-9-12(2)13(3)14-10-7-6-8-11-14;3*1-2;/h4-11H,1H2,2-3H3;3*1-2H3;1H4/b9-5-,13-12+;;;;. The summed E-state index contributed by atoms with van der Waals surface area (Å²) in [4.78, 5) is 0. The van der Waals surface area contributed by atoms with Crippen LogP contribution in [-0.4, -0.2) is 0 Å². The van der Waals surface area contributed by atoms with Gasteiger partial charge in [0.15, 0.2) is 0 Å². The second-order valence-corrected chi connectivity index (χ2v) is 3.27. The van der Waals surface area contributed by atoms with Gasteiger partial charge in [0.1, 0.15) is 0 Å². The lowest BCUT2D eigenvalue weighted by molar-refractivity contribution is 1.46. The molecule has 0 nitrogen and oxygen atoms in total. The van der Waals surface area contributed by atoms with Crippen LogP contribution >= 0.6 is 0 Å². The monoisotopic (exact) mass is 290 g/mol. The third-order valence-corrected chi connectivity index (χ3v) is 2.28. The maximum atomic E-state index is 3.66. The van der Waals surface area contributed by atoms with Gasteiger partial charge in [-0.3, -0.25) is 0 Å². The van der Waals surface area contributed by atoms with E-state index in [1.54, 1.807) is 6.08 Å². The van der Waals surface area contributed by atoms with Gasteiger partial charge in [-0.15, -0.1) is 0 Å². The number of benzene rings is 1. The van der Waals surface area contributed by atoms with Crippen molar-refractivity contribution in [3.63, 3.8) is 0 Å². The van der Waals surface area contributed by atoms with Crippen molar-refractivity contribution in [1.82, 2.24) is 0 Å². The van der Waals surface area contributed by atoms with Gasteiger partial charge in [0.2, 0.25) is 0 Å². The van der Waals surface area contributed by atoms with Crippen molar-refractivity contribution in [3.8, 4) is 0 Å². The molecule has 0 saturated heterocycles. The van der Waals surface area contributed by atoms with Gasteiger partial charge in [0, 0.05) is 0 Å². The maximum Gasteiger partial charge on any atom is -0.0225 e. The van der Waals surface area contributed by atoms with Crippen LogP contribution in [0.15, 0.2) is 60.7 Å². The first-order valence-corrected chi connectivity index (χ1v) is 7.77. The van der Waals surface area contributed by atoms with Crippen molar-refractivity contribution in [2.24, 2.45) is 0 Å². The number of hydrogen-bond donors (Lipinski definition) is 0. The fraction of sp³-hybridized carbons (Fsp3) is 0.429. The Morgan fingerprint density at radius 3 is 1.67 bits per heavy atom. The molecule has 0 aromatic heterocycles. The van der Waals surface area contributed by atoms with Crippen LogP contribution in [0.25, 0.3) is 5.57 Å². The van der Waals surface area contributed by atoms with Crippen LogP contribution in [0.3, 0.4) is 0 Å². The topological polar surface area (TPSA) is 0 Å². The minimum atomic E-state index is 0. The van der Waals surface area contributed by atoms with Gasteiger partial charge >= 0.3 is 0 Å². The molecule has 0 heterocycles. The highest BCUT2D eigenvalue weighted by molar-refractivity contribution is 5.68. The Morgan fingerprint density at radius 1 is 0.857 bits per heavy atom. The molecule has 0 N–H and O–H groups in total. The molecule has 1 aromatic rings. The van der Waals surface area contributed by atoms with Crippen molar-refractivity contribution in [1.29, 1.82) is 0 Å². The van der Waals surface area contributed by atoms with Crippen molar-refractivity contribution in [2.75, 3.05) is 0 Å². The molecule has 0 saturated carbocycles. The molecule has 0 radical (unpaired) electrons. The van der Waals surface area contributed by atoms with E-state index in [4.69, 9.17) is 0 Å². The Hall–Kier alpha value is -1.56. The van der Waals surface area contributed by atoms with Gasteiger partial charge in [-0.05, 0) is 30.6 Å². The quantitative estimate of drug-likeness (QED) is 0.496. The lowest BCUT2D eigenvalue weighted by Gasteiger charge is -2.03. The fourth-order valence-electron chi connectivity index (χ4n) is 1.25. The molecule has 1 aromatic carbocycles. The average Bonchev–Trinajstić information content (AvgIpc) is 2.58. The van der Waals surface area contributed by atoms with Gasteiger partial charge in [-0.2, -0.15) is 0 Å². The lowest BCUT2D eigenvalue weighted by atomic mass is 10.0. The summed E-state index contributed by atoms with van der Waals surface area (Å²) in [6.45, 7) is 19.9. The van der Waals surface area contributed by atoms with Crippen molar-refractivity contribution in [2.45, 2.75) is 62.8 Å². The van der Waals surface area contributed by atoms with Gasteiger partial charge in [0.25, 0.3) is 0 Å². The van der Waals surface area contributed by atoms with Crippen LogP contribution in [0, 0.1) is 0 Å². The predicted octanol–water partition coefficient (Wildman–Crippen LogP) is 7.94. The van der Waals surface area contributed by atoms with Crippen molar-refractivity contribution in [3.05, 3.63) is 66.3 Å². The molecule has 0 fully saturated rings. The summed E-state index contributed by atoms with van der Waals surface area (Å²) in [6.07, 6.45) is 5.83. The molecule has 0 heteroatoms. The third kappa shape index (κ3) is 14.7. The van der Waals surface area contributed by atoms with Gasteiger partial charge in [-0.25, -0.2) is 0 Å². The Morgan fingerprint density at radius 2 is 1.29 bits per heavy atom. The molecule has 1 rings (SSSR count). The van der Waals surface area contributed by atoms with E-state index in [0.29, 0.717) is 0 Å². The summed E-state index contributed by atoms with van der Waals surface area (Å²) in [5.41, 5.74) is 3.86. The smallest absolute Gasteiger partial charge is 0.0225 e. The highest BCUT2D eigenvalue weighted by atomic mass is 14.0. The predicted molar refractivity (Wildman–Crippen MR) is 105 cm³/mol. The van der Waals surface area contributed by atoms with Gasteiger partial charge in [-0.1, -0.05) is 104 Å². The Balaban J connectivity index is -0.000000183. The summed E-state index contributed by atoms with van der Waals surface area (Å²) < 4.78 is 0. The summed E-state index contributed by atoms with van der Waals surface area (Å²) in [7, 11) is 0.